The van der Waals surface area contributed by atoms with Gasteiger partial charge in [0.15, 0.2) is 0 Å². The minimum Gasteiger partial charge on any atom is -0.389 e. The van der Waals surface area contributed by atoms with Gasteiger partial charge in [-0.05, 0) is 25.7 Å². The quantitative estimate of drug-likeness (QED) is 0.782. The van der Waals surface area contributed by atoms with Crippen LogP contribution in [0.4, 0.5) is 0 Å². The van der Waals surface area contributed by atoms with Crippen LogP contribution in [0.25, 0.3) is 0 Å². The summed E-state index contributed by atoms with van der Waals surface area (Å²) in [6.07, 6.45) is 4.00. The second kappa shape index (κ2) is 5.67. The molecule has 0 unspecified atom stereocenters. The van der Waals surface area contributed by atoms with Crippen molar-refractivity contribution in [2.45, 2.75) is 58.5 Å². The van der Waals surface area contributed by atoms with Crippen LogP contribution >= 0.6 is 0 Å². The smallest absolute Gasteiger partial charge is 0.225 e. The van der Waals surface area contributed by atoms with Crippen molar-refractivity contribution in [3.63, 3.8) is 0 Å². The third-order valence-electron chi connectivity index (χ3n) is 3.33. The Morgan fingerprint density at radius 1 is 1.38 bits per heavy atom. The van der Waals surface area contributed by atoms with E-state index in [-0.39, 0.29) is 5.91 Å². The SMILES string of the molecule is CCN(CC(C)C)C(=O)CC1(O)CCCC1. The lowest BCUT2D eigenvalue weighted by molar-refractivity contribution is -0.136. The van der Waals surface area contributed by atoms with Gasteiger partial charge in [-0.2, -0.15) is 0 Å². The highest BCUT2D eigenvalue weighted by Crippen LogP contribution is 2.32. The Balaban J connectivity index is 2.48. The molecule has 0 aliphatic heterocycles. The molecule has 0 spiro atoms. The number of hydrogen-bond acceptors (Lipinski definition) is 2. The molecule has 94 valence electrons. The molecule has 1 amide bonds. The van der Waals surface area contributed by atoms with Gasteiger partial charge < -0.3 is 10.0 Å². The third-order valence-corrected chi connectivity index (χ3v) is 3.33. The maximum Gasteiger partial charge on any atom is 0.225 e. The van der Waals surface area contributed by atoms with E-state index in [2.05, 4.69) is 13.8 Å². The molecule has 3 heteroatoms. The Morgan fingerprint density at radius 3 is 2.38 bits per heavy atom. The van der Waals surface area contributed by atoms with E-state index in [1.54, 1.807) is 0 Å². The number of amides is 1. The van der Waals surface area contributed by atoms with Crippen molar-refractivity contribution in [2.75, 3.05) is 13.1 Å². The van der Waals surface area contributed by atoms with Crippen molar-refractivity contribution >= 4 is 5.91 Å². The third kappa shape index (κ3) is 3.78. The van der Waals surface area contributed by atoms with Gasteiger partial charge in [-0.25, -0.2) is 0 Å². The fraction of sp³-hybridized carbons (Fsp3) is 0.923. The number of hydrogen-bond donors (Lipinski definition) is 1. The largest absolute Gasteiger partial charge is 0.389 e. The number of aliphatic hydroxyl groups is 1. The van der Waals surface area contributed by atoms with Gasteiger partial charge in [0, 0.05) is 13.1 Å². The van der Waals surface area contributed by atoms with Crippen LogP contribution in [0.1, 0.15) is 52.9 Å². The molecular weight excluding hydrogens is 202 g/mol. The number of rotatable bonds is 5. The van der Waals surface area contributed by atoms with E-state index in [4.69, 9.17) is 0 Å². The van der Waals surface area contributed by atoms with Gasteiger partial charge in [-0.1, -0.05) is 26.7 Å². The van der Waals surface area contributed by atoms with Crippen molar-refractivity contribution in [1.29, 1.82) is 0 Å². The summed E-state index contributed by atoms with van der Waals surface area (Å²) >= 11 is 0. The van der Waals surface area contributed by atoms with E-state index in [0.717, 1.165) is 38.8 Å². The van der Waals surface area contributed by atoms with E-state index in [1.807, 2.05) is 11.8 Å². The Labute approximate surface area is 98.8 Å². The van der Waals surface area contributed by atoms with E-state index in [1.165, 1.54) is 0 Å². The van der Waals surface area contributed by atoms with Crippen molar-refractivity contribution in [1.82, 2.24) is 4.90 Å². The molecule has 3 nitrogen and oxygen atoms in total. The molecule has 0 atom stereocenters. The summed E-state index contributed by atoms with van der Waals surface area (Å²) in [6, 6.07) is 0. The summed E-state index contributed by atoms with van der Waals surface area (Å²) < 4.78 is 0. The average Bonchev–Trinajstić information content (AvgIpc) is 2.60. The van der Waals surface area contributed by atoms with Gasteiger partial charge in [-0.15, -0.1) is 0 Å². The molecule has 1 fully saturated rings. The number of nitrogens with zero attached hydrogens (tertiary/aromatic N) is 1. The van der Waals surface area contributed by atoms with Crippen LogP contribution in [-0.4, -0.2) is 34.6 Å². The van der Waals surface area contributed by atoms with Crippen molar-refractivity contribution < 1.29 is 9.90 Å². The predicted molar refractivity (Wildman–Crippen MR) is 65.1 cm³/mol. The standard InChI is InChI=1S/C13H25NO2/c1-4-14(10-11(2)3)12(15)9-13(16)7-5-6-8-13/h11,16H,4-10H2,1-3H3. The Morgan fingerprint density at radius 2 is 1.94 bits per heavy atom. The molecule has 0 bridgehead atoms. The number of carbonyl (C=O) groups excluding carboxylic acids is 1. The molecular formula is C13H25NO2. The lowest BCUT2D eigenvalue weighted by atomic mass is 9.97. The van der Waals surface area contributed by atoms with Crippen LogP contribution in [0.15, 0.2) is 0 Å². The lowest BCUT2D eigenvalue weighted by Crippen LogP contribution is -2.39. The van der Waals surface area contributed by atoms with E-state index < -0.39 is 5.60 Å². The zero-order chi connectivity index (χ0) is 12.2. The maximum atomic E-state index is 12.0. The van der Waals surface area contributed by atoms with Gasteiger partial charge in [0.05, 0.1) is 12.0 Å². The topological polar surface area (TPSA) is 40.5 Å². The van der Waals surface area contributed by atoms with E-state index >= 15 is 0 Å². The Hall–Kier alpha value is -0.570. The molecule has 1 aliphatic carbocycles. The van der Waals surface area contributed by atoms with Gasteiger partial charge >= 0.3 is 0 Å². The summed E-state index contributed by atoms with van der Waals surface area (Å²) in [5.41, 5.74) is -0.707. The summed E-state index contributed by atoms with van der Waals surface area (Å²) in [7, 11) is 0. The molecule has 0 saturated heterocycles. The van der Waals surface area contributed by atoms with Crippen LogP contribution < -0.4 is 0 Å². The highest BCUT2D eigenvalue weighted by atomic mass is 16.3. The number of carbonyl (C=O) groups is 1. The molecule has 0 aromatic heterocycles. The first-order valence-electron chi connectivity index (χ1n) is 6.47. The average molecular weight is 227 g/mol. The summed E-state index contributed by atoms with van der Waals surface area (Å²) in [6.45, 7) is 7.76. The van der Waals surface area contributed by atoms with Crippen molar-refractivity contribution in [3.05, 3.63) is 0 Å². The van der Waals surface area contributed by atoms with Gasteiger partial charge in [0.1, 0.15) is 0 Å². The van der Waals surface area contributed by atoms with Gasteiger partial charge in [-0.3, -0.25) is 4.79 Å². The second-order valence-electron chi connectivity index (χ2n) is 5.43. The monoisotopic (exact) mass is 227 g/mol. The highest BCUT2D eigenvalue weighted by Gasteiger charge is 2.34. The van der Waals surface area contributed by atoms with Crippen LogP contribution in [-0.2, 0) is 4.79 Å². The van der Waals surface area contributed by atoms with Crippen molar-refractivity contribution in [2.24, 2.45) is 5.92 Å². The summed E-state index contributed by atoms with van der Waals surface area (Å²) in [5, 5.41) is 10.2. The second-order valence-corrected chi connectivity index (χ2v) is 5.43. The molecule has 1 saturated carbocycles. The van der Waals surface area contributed by atoms with Crippen LogP contribution in [0.2, 0.25) is 0 Å². The minimum atomic E-state index is -0.707. The van der Waals surface area contributed by atoms with Crippen molar-refractivity contribution in [3.8, 4) is 0 Å². The molecule has 16 heavy (non-hydrogen) atoms. The minimum absolute atomic E-state index is 0.112. The predicted octanol–water partition coefficient (Wildman–Crippen LogP) is 2.19. The fourth-order valence-electron chi connectivity index (χ4n) is 2.45. The normalized spacial score (nSPS) is 19.1. The zero-order valence-electron chi connectivity index (χ0n) is 10.8. The zero-order valence-corrected chi connectivity index (χ0v) is 10.8. The van der Waals surface area contributed by atoms with Crippen LogP contribution in [0, 0.1) is 5.92 Å². The Kier molecular flexibility index (Phi) is 4.78. The van der Waals surface area contributed by atoms with E-state index in [9.17, 15) is 9.90 Å². The molecule has 0 aromatic carbocycles. The van der Waals surface area contributed by atoms with Gasteiger partial charge in [0.2, 0.25) is 5.91 Å². The maximum absolute atomic E-state index is 12.0. The lowest BCUT2D eigenvalue weighted by Gasteiger charge is -2.28. The Bertz CT molecular complexity index is 232. The first kappa shape index (κ1) is 13.5. The molecule has 0 heterocycles. The summed E-state index contributed by atoms with van der Waals surface area (Å²) in [5.74, 6) is 0.600. The molecule has 0 radical (unpaired) electrons. The van der Waals surface area contributed by atoms with Crippen LogP contribution in [0.5, 0.6) is 0 Å². The highest BCUT2D eigenvalue weighted by molar-refractivity contribution is 5.77. The van der Waals surface area contributed by atoms with E-state index in [0.29, 0.717) is 12.3 Å². The molecule has 1 rings (SSSR count). The first-order chi connectivity index (χ1) is 7.47. The summed E-state index contributed by atoms with van der Waals surface area (Å²) in [4.78, 5) is 13.9. The van der Waals surface area contributed by atoms with Gasteiger partial charge in [0.25, 0.3) is 0 Å². The molecule has 0 aromatic rings. The molecule has 1 aliphatic rings. The van der Waals surface area contributed by atoms with Crippen LogP contribution in [0.3, 0.4) is 0 Å². The molecule has 1 N–H and O–H groups in total. The fourth-order valence-corrected chi connectivity index (χ4v) is 2.45. The first-order valence-corrected chi connectivity index (χ1v) is 6.47.